The third-order valence-corrected chi connectivity index (χ3v) is 5.98. The second-order valence-corrected chi connectivity index (χ2v) is 7.91. The second-order valence-electron chi connectivity index (χ2n) is 7.02. The summed E-state index contributed by atoms with van der Waals surface area (Å²) in [4.78, 5) is 15.7. The van der Waals surface area contributed by atoms with Gasteiger partial charge in [0.2, 0.25) is 0 Å². The molecule has 1 N–H and O–H groups in total. The number of thiazole rings is 1. The molecule has 0 atom stereocenters. The Morgan fingerprint density at radius 3 is 2.72 bits per heavy atom. The number of anilines is 3. The van der Waals surface area contributed by atoms with Crippen LogP contribution in [0.15, 0.2) is 54.3 Å². The van der Waals surface area contributed by atoms with Crippen molar-refractivity contribution >= 4 is 39.4 Å². The van der Waals surface area contributed by atoms with Crippen molar-refractivity contribution in [2.24, 2.45) is 0 Å². The average Bonchev–Trinajstić information content (AvgIpc) is 3.31. The van der Waals surface area contributed by atoms with E-state index in [-0.39, 0.29) is 0 Å². The standard InChI is InChI=1S/C22H21N5OS/c1-15-12-17(27-7-9-28-10-8-27)3-5-19(15)26-21-18-13-16(22-23-6-11-29-22)2-4-20(18)24-14-25-21/h2-6,11-14H,7-10H2,1H3,(H,24,25,26). The zero-order chi connectivity index (χ0) is 19.6. The number of nitrogens with zero attached hydrogens (tertiary/aromatic N) is 4. The van der Waals surface area contributed by atoms with Gasteiger partial charge in [0, 0.05) is 47.0 Å². The van der Waals surface area contributed by atoms with Gasteiger partial charge in [-0.2, -0.15) is 0 Å². The predicted octanol–water partition coefficient (Wildman–Crippen LogP) is 4.64. The molecule has 3 heterocycles. The number of ether oxygens (including phenoxy) is 1. The highest BCUT2D eigenvalue weighted by molar-refractivity contribution is 7.13. The largest absolute Gasteiger partial charge is 0.378 e. The molecule has 1 aliphatic rings. The normalized spacial score (nSPS) is 14.3. The molecule has 1 fully saturated rings. The van der Waals surface area contributed by atoms with E-state index in [1.165, 1.54) is 11.3 Å². The number of morpholine rings is 1. The van der Waals surface area contributed by atoms with E-state index in [9.17, 15) is 0 Å². The van der Waals surface area contributed by atoms with Gasteiger partial charge in [-0.25, -0.2) is 15.0 Å². The van der Waals surface area contributed by atoms with Gasteiger partial charge in [0.1, 0.15) is 17.2 Å². The molecule has 2 aromatic carbocycles. The van der Waals surface area contributed by atoms with Crippen molar-refractivity contribution in [1.82, 2.24) is 15.0 Å². The van der Waals surface area contributed by atoms with E-state index in [1.54, 1.807) is 17.7 Å². The summed E-state index contributed by atoms with van der Waals surface area (Å²) >= 11 is 1.63. The van der Waals surface area contributed by atoms with Crippen LogP contribution in [0.5, 0.6) is 0 Å². The molecule has 5 rings (SSSR count). The first-order chi connectivity index (χ1) is 14.3. The third kappa shape index (κ3) is 3.66. The smallest absolute Gasteiger partial charge is 0.141 e. The molecule has 1 aliphatic heterocycles. The van der Waals surface area contributed by atoms with Crippen LogP contribution in [-0.4, -0.2) is 41.3 Å². The summed E-state index contributed by atoms with van der Waals surface area (Å²) in [6.45, 7) is 5.56. The van der Waals surface area contributed by atoms with Gasteiger partial charge in [-0.15, -0.1) is 11.3 Å². The van der Waals surface area contributed by atoms with Gasteiger partial charge in [-0.1, -0.05) is 0 Å². The van der Waals surface area contributed by atoms with E-state index in [2.05, 4.69) is 62.4 Å². The Kier molecular flexibility index (Phi) is 4.83. The Balaban J connectivity index is 1.47. The molecule has 4 aromatic rings. The Bertz CT molecular complexity index is 1140. The summed E-state index contributed by atoms with van der Waals surface area (Å²) < 4.78 is 5.46. The molecule has 2 aromatic heterocycles. The molecule has 0 aliphatic carbocycles. The summed E-state index contributed by atoms with van der Waals surface area (Å²) in [7, 11) is 0. The van der Waals surface area contributed by atoms with Gasteiger partial charge < -0.3 is 15.0 Å². The Morgan fingerprint density at radius 2 is 1.93 bits per heavy atom. The number of fused-ring (bicyclic) bond motifs is 1. The van der Waals surface area contributed by atoms with Crippen molar-refractivity contribution in [3.8, 4) is 10.6 Å². The fourth-order valence-corrected chi connectivity index (χ4v) is 4.22. The SMILES string of the molecule is Cc1cc(N2CCOCC2)ccc1Nc1ncnc2ccc(-c3nccs3)cc12. The summed E-state index contributed by atoms with van der Waals surface area (Å²) in [6.07, 6.45) is 3.43. The maximum atomic E-state index is 5.46. The number of benzene rings is 2. The van der Waals surface area contributed by atoms with E-state index < -0.39 is 0 Å². The van der Waals surface area contributed by atoms with E-state index in [1.807, 2.05) is 17.6 Å². The Hall–Kier alpha value is -3.03. The summed E-state index contributed by atoms with van der Waals surface area (Å²) in [5.74, 6) is 0.802. The first-order valence-electron chi connectivity index (χ1n) is 9.63. The lowest BCUT2D eigenvalue weighted by atomic mass is 10.1. The van der Waals surface area contributed by atoms with Crippen molar-refractivity contribution in [3.63, 3.8) is 0 Å². The quantitative estimate of drug-likeness (QED) is 0.535. The van der Waals surface area contributed by atoms with Gasteiger partial charge in [0.15, 0.2) is 0 Å². The van der Waals surface area contributed by atoms with Crippen molar-refractivity contribution in [1.29, 1.82) is 0 Å². The van der Waals surface area contributed by atoms with Gasteiger partial charge in [0.25, 0.3) is 0 Å². The fraction of sp³-hybridized carbons (Fsp3) is 0.227. The first-order valence-corrected chi connectivity index (χ1v) is 10.5. The molecule has 0 spiro atoms. The van der Waals surface area contributed by atoms with Crippen LogP contribution in [0.3, 0.4) is 0 Å². The van der Waals surface area contributed by atoms with E-state index in [0.717, 1.165) is 59.3 Å². The lowest BCUT2D eigenvalue weighted by Crippen LogP contribution is -2.36. The number of hydrogen-bond donors (Lipinski definition) is 1. The molecule has 29 heavy (non-hydrogen) atoms. The van der Waals surface area contributed by atoms with Gasteiger partial charge in [0.05, 0.1) is 18.7 Å². The number of aryl methyl sites for hydroxylation is 1. The van der Waals surface area contributed by atoms with Crippen LogP contribution in [0.25, 0.3) is 21.5 Å². The highest BCUT2D eigenvalue weighted by Gasteiger charge is 2.13. The summed E-state index contributed by atoms with van der Waals surface area (Å²) in [6, 6.07) is 12.7. The molecule has 7 heteroatoms. The number of aromatic nitrogens is 3. The maximum absolute atomic E-state index is 5.46. The van der Waals surface area contributed by atoms with Crippen molar-refractivity contribution in [2.75, 3.05) is 36.5 Å². The molecular formula is C22H21N5OS. The maximum Gasteiger partial charge on any atom is 0.141 e. The van der Waals surface area contributed by atoms with Crippen LogP contribution in [0.4, 0.5) is 17.2 Å². The monoisotopic (exact) mass is 403 g/mol. The molecule has 0 bridgehead atoms. The molecular weight excluding hydrogens is 382 g/mol. The van der Waals surface area contributed by atoms with Crippen LogP contribution in [0, 0.1) is 6.92 Å². The molecule has 6 nitrogen and oxygen atoms in total. The van der Waals surface area contributed by atoms with Crippen LogP contribution >= 0.6 is 11.3 Å². The van der Waals surface area contributed by atoms with E-state index >= 15 is 0 Å². The van der Waals surface area contributed by atoms with Crippen molar-refractivity contribution in [2.45, 2.75) is 6.92 Å². The minimum atomic E-state index is 0.785. The minimum absolute atomic E-state index is 0.785. The Labute approximate surface area is 173 Å². The second kappa shape index (κ2) is 7.77. The third-order valence-electron chi connectivity index (χ3n) is 5.15. The van der Waals surface area contributed by atoms with Crippen LogP contribution < -0.4 is 10.2 Å². The fourth-order valence-electron chi connectivity index (χ4n) is 3.59. The minimum Gasteiger partial charge on any atom is -0.378 e. The molecule has 0 amide bonds. The molecule has 0 saturated carbocycles. The number of nitrogens with one attached hydrogen (secondary N) is 1. The van der Waals surface area contributed by atoms with Gasteiger partial charge >= 0.3 is 0 Å². The van der Waals surface area contributed by atoms with Crippen LogP contribution in [-0.2, 0) is 4.74 Å². The zero-order valence-corrected chi connectivity index (χ0v) is 16.9. The lowest BCUT2D eigenvalue weighted by molar-refractivity contribution is 0.122. The zero-order valence-electron chi connectivity index (χ0n) is 16.1. The summed E-state index contributed by atoms with van der Waals surface area (Å²) in [5, 5.41) is 7.47. The van der Waals surface area contributed by atoms with E-state index in [0.29, 0.717) is 0 Å². The molecule has 1 saturated heterocycles. The van der Waals surface area contributed by atoms with Crippen molar-refractivity contribution in [3.05, 3.63) is 59.9 Å². The number of rotatable bonds is 4. The van der Waals surface area contributed by atoms with Crippen LogP contribution in [0.2, 0.25) is 0 Å². The molecule has 0 radical (unpaired) electrons. The van der Waals surface area contributed by atoms with Crippen LogP contribution in [0.1, 0.15) is 5.56 Å². The van der Waals surface area contributed by atoms with Crippen molar-refractivity contribution < 1.29 is 4.74 Å². The van der Waals surface area contributed by atoms with E-state index in [4.69, 9.17) is 4.74 Å². The predicted molar refractivity (Wildman–Crippen MR) is 118 cm³/mol. The highest BCUT2D eigenvalue weighted by atomic mass is 32.1. The molecule has 0 unspecified atom stereocenters. The van der Waals surface area contributed by atoms with Gasteiger partial charge in [-0.3, -0.25) is 0 Å². The summed E-state index contributed by atoms with van der Waals surface area (Å²) in [5.41, 5.74) is 5.43. The Morgan fingerprint density at radius 1 is 1.03 bits per heavy atom. The topological polar surface area (TPSA) is 63.2 Å². The van der Waals surface area contributed by atoms with Gasteiger partial charge in [-0.05, 0) is 48.9 Å². The molecule has 146 valence electrons. The lowest BCUT2D eigenvalue weighted by Gasteiger charge is -2.29. The first kappa shape index (κ1) is 18.0. The average molecular weight is 404 g/mol. The number of hydrogen-bond acceptors (Lipinski definition) is 7. The highest BCUT2D eigenvalue weighted by Crippen LogP contribution is 2.31.